The summed E-state index contributed by atoms with van der Waals surface area (Å²) in [5.41, 5.74) is 11.0. The van der Waals surface area contributed by atoms with Crippen molar-refractivity contribution in [3.8, 4) is 50.6 Å². The number of allylic oxidation sites excluding steroid dienone is 3. The van der Waals surface area contributed by atoms with Gasteiger partial charge in [-0.05, 0) is 352 Å². The van der Waals surface area contributed by atoms with Gasteiger partial charge in [-0.25, -0.2) is 22.0 Å². The first-order valence-electron chi connectivity index (χ1n) is 54.2. The van der Waals surface area contributed by atoms with Crippen LogP contribution in [0.25, 0.3) is 33.4 Å². The summed E-state index contributed by atoms with van der Waals surface area (Å²) < 4.78 is 130. The fourth-order valence-electron chi connectivity index (χ4n) is 24.3. The number of aryl methyl sites for hydroxylation is 2. The van der Waals surface area contributed by atoms with Crippen molar-refractivity contribution in [3.63, 3.8) is 0 Å². The van der Waals surface area contributed by atoms with E-state index >= 15 is 0 Å². The Hall–Kier alpha value is -7.14. The number of hydrogen-bond acceptors (Lipinski definition) is 3. The Balaban J connectivity index is 0.000000167. The van der Waals surface area contributed by atoms with E-state index in [-0.39, 0.29) is 34.6 Å². The molecule has 734 valence electrons. The Bertz CT molecular complexity index is 4480. The van der Waals surface area contributed by atoms with E-state index in [1.165, 1.54) is 209 Å². The quantitative estimate of drug-likeness (QED) is 0.0320. The van der Waals surface area contributed by atoms with Crippen LogP contribution in [-0.2, 0) is 12.8 Å². The van der Waals surface area contributed by atoms with E-state index in [0.29, 0.717) is 64.7 Å². The van der Waals surface area contributed by atoms with E-state index in [1.807, 2.05) is 60.7 Å². The van der Waals surface area contributed by atoms with Gasteiger partial charge in [0, 0.05) is 16.7 Å². The molecule has 8 aliphatic carbocycles. The average Bonchev–Trinajstić information content (AvgIpc) is 0.812. The van der Waals surface area contributed by atoms with Crippen LogP contribution in [0.15, 0.2) is 145 Å². The van der Waals surface area contributed by atoms with E-state index in [4.69, 9.17) is 14.2 Å². The standard InChI is InChI=1S/C23H32F2O.C23H28F2O.C23H22F2.C19H36.C17H24F2O.C17H30/c2*1-3-5-16-6-8-17(9-7-16)18-10-12-19(13-11-18)20-14-15-21(26-4-2)23(25)22(20)24;1-3-5-17-8-12-19(13-9-17)21-15-14-20(22(24)23(21)25)18-10-6-16(4-2)7-11-18;1-3-5-7-17-10-14-19(15-11-17)18-12-8-16(6-4-2)9-13-18;1-3-5-12-6-8-13(9-7-12)14-10-11-15(20-4-2)17(19)16(14)18;1-3-5-15-8-12-17(13-9-15)16-10-6-14(4-2)7-11-16/h14-16,19H,3-13H2,1-2H3;10-17H,3-9H2,1-2H3;6-15H,3-5H2,1-2H3;16-19H,3-15H2,1-2H3;10-13H,3-9H2,1-2H3;4,14-17H,2-3,5-13H2,1H3. The molecule has 0 aromatic heterocycles. The van der Waals surface area contributed by atoms with Crippen molar-refractivity contribution in [1.82, 2.24) is 0 Å². The third kappa shape index (κ3) is 32.2. The van der Waals surface area contributed by atoms with Crippen LogP contribution in [-0.4, -0.2) is 19.8 Å². The molecule has 0 amide bonds. The predicted molar refractivity (Wildman–Crippen MR) is 544 cm³/mol. The lowest BCUT2D eigenvalue weighted by Gasteiger charge is -2.38. The fourth-order valence-corrected chi connectivity index (χ4v) is 24.3. The molecule has 11 heteroatoms. The van der Waals surface area contributed by atoms with E-state index in [2.05, 4.69) is 80.2 Å². The SMILES string of the molecule is C=CC1CCC(C2CCC(CCC)CC2)CC1.CCCC1CCC(=C2CCC(c3ccc(OCC)c(F)c3F)CC2)CC1.CCCC1CCC(c2ccc(-c3ccc(OCC)c(F)c3F)cc2)CC1.CCCC1CCC(c2ccc(OCC)c(F)c2F)CC1.CCCCC1CCC(C2CCC(CCC)CC2)CC1.CCCc1ccc(-c2ccc(-c3ccc(CC)cc3)c(F)c2F)cc1. The second-order valence-electron chi connectivity index (χ2n) is 41.2. The zero-order valence-corrected chi connectivity index (χ0v) is 84.2. The molecule has 7 aromatic rings. The monoisotopic (exact) mass is 1840 g/mol. The first-order chi connectivity index (χ1) is 64.7. The molecular weight excluding hydrogens is 1670 g/mol. The van der Waals surface area contributed by atoms with Crippen molar-refractivity contribution in [2.24, 2.45) is 65.1 Å². The number of rotatable bonds is 31. The second kappa shape index (κ2) is 57.9. The topological polar surface area (TPSA) is 27.7 Å². The Morgan fingerprint density at radius 2 is 0.571 bits per heavy atom. The number of benzene rings is 7. The Morgan fingerprint density at radius 1 is 0.271 bits per heavy atom. The van der Waals surface area contributed by atoms with E-state index < -0.39 is 46.5 Å². The summed E-state index contributed by atoms with van der Waals surface area (Å²) in [6.45, 7) is 28.2. The molecule has 0 unspecified atom stereocenters. The summed E-state index contributed by atoms with van der Waals surface area (Å²) in [5, 5.41) is 0. The number of halogens is 8. The molecule has 0 heterocycles. The minimum absolute atomic E-state index is 0.0217. The maximum Gasteiger partial charge on any atom is 0.201 e. The molecule has 0 spiro atoms. The normalized spacial score (nSPS) is 24.3. The van der Waals surface area contributed by atoms with Crippen molar-refractivity contribution in [1.29, 1.82) is 0 Å². The first kappa shape index (κ1) is 108. The molecule has 0 bridgehead atoms. The molecule has 0 aliphatic heterocycles. The minimum atomic E-state index is -0.914. The van der Waals surface area contributed by atoms with Crippen LogP contribution < -0.4 is 14.2 Å². The van der Waals surface area contributed by atoms with Gasteiger partial charge in [0.1, 0.15) is 0 Å². The van der Waals surface area contributed by atoms with Crippen molar-refractivity contribution in [3.05, 3.63) is 219 Å². The third-order valence-electron chi connectivity index (χ3n) is 32.3. The van der Waals surface area contributed by atoms with Gasteiger partial charge in [0.2, 0.25) is 17.5 Å². The second-order valence-corrected chi connectivity index (χ2v) is 41.2. The molecule has 0 N–H and O–H groups in total. The summed E-state index contributed by atoms with van der Waals surface area (Å²) in [5.74, 6) is 5.49. The molecule has 0 atom stereocenters. The Labute approximate surface area is 801 Å². The van der Waals surface area contributed by atoms with Crippen LogP contribution in [0.4, 0.5) is 35.1 Å². The lowest BCUT2D eigenvalue weighted by atomic mass is 9.68. The molecule has 8 fully saturated rings. The highest BCUT2D eigenvalue weighted by Crippen LogP contribution is 2.49. The van der Waals surface area contributed by atoms with E-state index in [1.54, 1.807) is 126 Å². The zero-order valence-electron chi connectivity index (χ0n) is 84.2. The lowest BCUT2D eigenvalue weighted by molar-refractivity contribution is 0.140. The average molecular weight is 1840 g/mol. The summed E-state index contributed by atoms with van der Waals surface area (Å²) in [6.07, 6.45) is 65.9. The highest BCUT2D eigenvalue weighted by atomic mass is 19.2. The minimum Gasteiger partial charge on any atom is -0.491 e. The van der Waals surface area contributed by atoms with Crippen LogP contribution >= 0.6 is 0 Å². The van der Waals surface area contributed by atoms with Gasteiger partial charge in [0.15, 0.2) is 46.3 Å². The smallest absolute Gasteiger partial charge is 0.201 e. The molecule has 8 aliphatic rings. The van der Waals surface area contributed by atoms with Crippen LogP contribution in [0, 0.1) is 112 Å². The number of ether oxygens (including phenoxy) is 3. The molecule has 0 radical (unpaired) electrons. The van der Waals surface area contributed by atoms with Crippen LogP contribution in [0.1, 0.15) is 417 Å². The van der Waals surface area contributed by atoms with Gasteiger partial charge in [0.05, 0.1) is 19.8 Å². The van der Waals surface area contributed by atoms with Gasteiger partial charge < -0.3 is 14.2 Å². The molecular formula is C122H172F8O3. The van der Waals surface area contributed by atoms with Crippen molar-refractivity contribution < 1.29 is 49.3 Å². The molecule has 8 saturated carbocycles. The molecule has 0 saturated heterocycles. The molecule has 3 nitrogen and oxygen atoms in total. The predicted octanol–water partition coefficient (Wildman–Crippen LogP) is 38.8. The van der Waals surface area contributed by atoms with Gasteiger partial charge in [0.25, 0.3) is 0 Å². The Morgan fingerprint density at radius 3 is 0.925 bits per heavy atom. The van der Waals surface area contributed by atoms with Gasteiger partial charge >= 0.3 is 0 Å². The summed E-state index contributed by atoms with van der Waals surface area (Å²) in [4.78, 5) is 0. The van der Waals surface area contributed by atoms with Crippen LogP contribution in [0.3, 0.4) is 0 Å². The molecule has 7 aromatic carbocycles. The maximum absolute atomic E-state index is 14.7. The summed E-state index contributed by atoms with van der Waals surface area (Å²) in [7, 11) is 0. The summed E-state index contributed by atoms with van der Waals surface area (Å²) >= 11 is 0. The molecule has 15 rings (SSSR count). The van der Waals surface area contributed by atoms with Crippen LogP contribution in [0.5, 0.6) is 17.2 Å². The zero-order chi connectivity index (χ0) is 95.0. The lowest BCUT2D eigenvalue weighted by Crippen LogP contribution is -2.25. The Kier molecular flexibility index (Phi) is 47.0. The summed E-state index contributed by atoms with van der Waals surface area (Å²) in [6, 6.07) is 36.2. The first-order valence-corrected chi connectivity index (χ1v) is 54.2. The van der Waals surface area contributed by atoms with Crippen molar-refractivity contribution in [2.45, 2.75) is 402 Å². The number of unbranched alkanes of at least 4 members (excludes halogenated alkanes) is 1. The number of hydrogen-bond donors (Lipinski definition) is 0. The highest BCUT2D eigenvalue weighted by Gasteiger charge is 2.35. The van der Waals surface area contributed by atoms with Gasteiger partial charge in [-0.15, -0.1) is 6.58 Å². The largest absolute Gasteiger partial charge is 0.491 e. The van der Waals surface area contributed by atoms with E-state index in [9.17, 15) is 35.1 Å². The molecule has 133 heavy (non-hydrogen) atoms. The highest BCUT2D eigenvalue weighted by molar-refractivity contribution is 5.72. The van der Waals surface area contributed by atoms with Crippen molar-refractivity contribution >= 4 is 0 Å². The van der Waals surface area contributed by atoms with E-state index in [0.717, 1.165) is 136 Å². The van der Waals surface area contributed by atoms with Crippen LogP contribution in [0.2, 0.25) is 0 Å². The van der Waals surface area contributed by atoms with Crippen molar-refractivity contribution in [2.75, 3.05) is 19.8 Å². The van der Waals surface area contributed by atoms with Gasteiger partial charge in [-0.2, -0.15) is 13.2 Å². The van der Waals surface area contributed by atoms with Gasteiger partial charge in [-0.3, -0.25) is 0 Å². The third-order valence-corrected chi connectivity index (χ3v) is 32.3. The maximum atomic E-state index is 14.7. The van der Waals surface area contributed by atoms with Gasteiger partial charge in [-0.1, -0.05) is 298 Å². The fraction of sp³-hybridized carbons (Fsp3) is 0.623.